The molecule has 0 saturated carbocycles. The van der Waals surface area contributed by atoms with Gasteiger partial charge in [0, 0.05) is 12.2 Å². The van der Waals surface area contributed by atoms with Crippen LogP contribution in [0.25, 0.3) is 0 Å². The van der Waals surface area contributed by atoms with Crippen molar-refractivity contribution in [1.82, 2.24) is 0 Å². The molecular weight excluding hydrogens is 376 g/mol. The zero-order valence-corrected chi connectivity index (χ0v) is 19.5. The third kappa shape index (κ3) is 13.5. The molecule has 166 valence electrons. The van der Waals surface area contributed by atoms with Gasteiger partial charge in [-0.2, -0.15) is 0 Å². The first-order chi connectivity index (χ1) is 14.1. The summed E-state index contributed by atoms with van der Waals surface area (Å²) < 4.78 is 0. The lowest BCUT2D eigenvalue weighted by Gasteiger charge is -2.23. The van der Waals surface area contributed by atoms with Crippen molar-refractivity contribution in [2.24, 2.45) is 5.73 Å². The van der Waals surface area contributed by atoms with E-state index in [1.807, 2.05) is 17.0 Å². The van der Waals surface area contributed by atoms with Crippen LogP contribution >= 0.6 is 12.2 Å². The summed E-state index contributed by atoms with van der Waals surface area (Å²) in [6, 6.07) is 7.07. The van der Waals surface area contributed by atoms with Gasteiger partial charge in [0.25, 0.3) is 0 Å². The SMILES string of the molecule is CCCCCCCCCCCCCCCCCCN(C(N)=S)c1ccc(O)cc1. The number of hydrogen-bond donors (Lipinski definition) is 2. The number of hydrogen-bond acceptors (Lipinski definition) is 2. The van der Waals surface area contributed by atoms with Crippen LogP contribution in [-0.2, 0) is 0 Å². The Kier molecular flexibility index (Phi) is 15.6. The van der Waals surface area contributed by atoms with E-state index < -0.39 is 0 Å². The molecule has 0 aliphatic carbocycles. The molecule has 0 heterocycles. The molecule has 0 radical (unpaired) electrons. The highest BCUT2D eigenvalue weighted by Gasteiger charge is 2.08. The van der Waals surface area contributed by atoms with Crippen LogP contribution in [0.2, 0.25) is 0 Å². The summed E-state index contributed by atoms with van der Waals surface area (Å²) in [6.07, 6.45) is 21.9. The van der Waals surface area contributed by atoms with Crippen molar-refractivity contribution in [3.05, 3.63) is 24.3 Å². The van der Waals surface area contributed by atoms with E-state index in [1.54, 1.807) is 12.1 Å². The van der Waals surface area contributed by atoms with Crippen molar-refractivity contribution in [2.45, 2.75) is 110 Å². The molecular formula is C25H44N2OS. The van der Waals surface area contributed by atoms with Gasteiger partial charge in [-0.3, -0.25) is 0 Å². The highest BCUT2D eigenvalue weighted by atomic mass is 32.1. The lowest BCUT2D eigenvalue weighted by atomic mass is 10.0. The number of unbranched alkanes of at least 4 members (excludes halogenated alkanes) is 15. The van der Waals surface area contributed by atoms with Gasteiger partial charge >= 0.3 is 0 Å². The molecule has 3 N–H and O–H groups in total. The first-order valence-electron chi connectivity index (χ1n) is 12.0. The highest BCUT2D eigenvalue weighted by Crippen LogP contribution is 2.19. The van der Waals surface area contributed by atoms with Gasteiger partial charge in [0.15, 0.2) is 5.11 Å². The molecule has 0 aliphatic rings. The minimum absolute atomic E-state index is 0.263. The smallest absolute Gasteiger partial charge is 0.170 e. The quantitative estimate of drug-likeness (QED) is 0.189. The van der Waals surface area contributed by atoms with Crippen molar-refractivity contribution in [2.75, 3.05) is 11.4 Å². The third-order valence-corrected chi connectivity index (χ3v) is 5.88. The van der Waals surface area contributed by atoms with Gasteiger partial charge in [0.2, 0.25) is 0 Å². The van der Waals surface area contributed by atoms with Crippen LogP contribution in [0.4, 0.5) is 5.69 Å². The zero-order valence-electron chi connectivity index (χ0n) is 18.7. The number of benzene rings is 1. The highest BCUT2D eigenvalue weighted by molar-refractivity contribution is 7.80. The number of nitrogens with two attached hydrogens (primary N) is 1. The van der Waals surface area contributed by atoms with Crippen molar-refractivity contribution in [1.29, 1.82) is 0 Å². The summed E-state index contributed by atoms with van der Waals surface area (Å²) in [4.78, 5) is 1.96. The molecule has 1 aromatic carbocycles. The molecule has 0 aromatic heterocycles. The van der Waals surface area contributed by atoms with E-state index in [2.05, 4.69) is 6.92 Å². The van der Waals surface area contributed by atoms with Crippen LogP contribution in [-0.4, -0.2) is 16.8 Å². The first-order valence-corrected chi connectivity index (χ1v) is 12.4. The molecule has 0 amide bonds. The average molecular weight is 421 g/mol. The maximum absolute atomic E-state index is 9.42. The lowest BCUT2D eigenvalue weighted by molar-refractivity contribution is 0.475. The van der Waals surface area contributed by atoms with Crippen LogP contribution in [0.3, 0.4) is 0 Å². The van der Waals surface area contributed by atoms with E-state index in [0.29, 0.717) is 5.11 Å². The average Bonchev–Trinajstić information content (AvgIpc) is 2.71. The normalized spacial score (nSPS) is 10.9. The van der Waals surface area contributed by atoms with Gasteiger partial charge in [-0.15, -0.1) is 0 Å². The van der Waals surface area contributed by atoms with E-state index in [0.717, 1.165) is 18.7 Å². The maximum atomic E-state index is 9.42. The summed E-state index contributed by atoms with van der Waals surface area (Å²) in [5, 5.41) is 9.82. The standard InChI is InChI=1S/C25H44N2OS/c1-2-3-4-5-6-7-8-9-10-11-12-13-14-15-16-17-22-27(25(26)29)23-18-20-24(28)21-19-23/h18-21,28H,2-17,22H2,1H3,(H2,26,29). The number of aromatic hydroxyl groups is 1. The van der Waals surface area contributed by atoms with Crippen molar-refractivity contribution < 1.29 is 5.11 Å². The van der Waals surface area contributed by atoms with Gasteiger partial charge in [0.1, 0.15) is 5.75 Å². The van der Waals surface area contributed by atoms with E-state index in [9.17, 15) is 5.11 Å². The van der Waals surface area contributed by atoms with E-state index in [4.69, 9.17) is 18.0 Å². The Labute approximate surface area is 185 Å². The van der Waals surface area contributed by atoms with Gasteiger partial charge < -0.3 is 15.7 Å². The second kappa shape index (κ2) is 17.6. The van der Waals surface area contributed by atoms with Gasteiger partial charge in [0.05, 0.1) is 0 Å². The fraction of sp³-hybridized carbons (Fsp3) is 0.720. The molecule has 0 unspecified atom stereocenters. The van der Waals surface area contributed by atoms with Crippen molar-refractivity contribution in [3.63, 3.8) is 0 Å². The molecule has 0 saturated heterocycles. The zero-order chi connectivity index (χ0) is 21.2. The van der Waals surface area contributed by atoms with Crippen LogP contribution in [0.1, 0.15) is 110 Å². The van der Waals surface area contributed by atoms with Crippen molar-refractivity contribution in [3.8, 4) is 5.75 Å². The predicted octanol–water partition coefficient (Wildman–Crippen LogP) is 7.70. The molecule has 0 atom stereocenters. The second-order valence-electron chi connectivity index (χ2n) is 8.31. The Balaban J connectivity index is 1.92. The molecule has 1 rings (SSSR count). The van der Waals surface area contributed by atoms with Gasteiger partial charge in [-0.1, -0.05) is 103 Å². The van der Waals surface area contributed by atoms with Crippen LogP contribution < -0.4 is 10.6 Å². The molecule has 3 nitrogen and oxygen atoms in total. The third-order valence-electron chi connectivity index (χ3n) is 5.66. The maximum Gasteiger partial charge on any atom is 0.170 e. The summed E-state index contributed by atoms with van der Waals surface area (Å²) in [7, 11) is 0. The number of phenolic OH excluding ortho intramolecular Hbond substituents is 1. The van der Waals surface area contributed by atoms with E-state index >= 15 is 0 Å². The molecule has 0 aliphatic heterocycles. The van der Waals surface area contributed by atoms with Gasteiger partial charge in [-0.25, -0.2) is 0 Å². The number of rotatable bonds is 18. The summed E-state index contributed by atoms with van der Waals surface area (Å²) >= 11 is 5.18. The Morgan fingerprint density at radius 1 is 0.724 bits per heavy atom. The largest absolute Gasteiger partial charge is 0.508 e. The Morgan fingerprint density at radius 3 is 1.48 bits per heavy atom. The fourth-order valence-corrected chi connectivity index (χ4v) is 4.01. The number of thiocarbonyl (C=S) groups is 1. The topological polar surface area (TPSA) is 49.5 Å². The fourth-order valence-electron chi connectivity index (χ4n) is 3.82. The minimum Gasteiger partial charge on any atom is -0.508 e. The molecule has 0 bridgehead atoms. The first kappa shape index (κ1) is 25.7. The summed E-state index contributed by atoms with van der Waals surface area (Å²) in [5.41, 5.74) is 6.82. The summed E-state index contributed by atoms with van der Waals surface area (Å²) in [6.45, 7) is 3.13. The number of nitrogens with zero attached hydrogens (tertiary/aromatic N) is 1. The van der Waals surface area contributed by atoms with Crippen LogP contribution in [0, 0.1) is 0 Å². The van der Waals surface area contributed by atoms with E-state index in [1.165, 1.54) is 96.3 Å². The number of anilines is 1. The van der Waals surface area contributed by atoms with E-state index in [-0.39, 0.29) is 5.75 Å². The van der Waals surface area contributed by atoms with Crippen LogP contribution in [0.15, 0.2) is 24.3 Å². The molecule has 29 heavy (non-hydrogen) atoms. The molecule has 1 aromatic rings. The second-order valence-corrected chi connectivity index (χ2v) is 8.73. The molecule has 0 fully saturated rings. The number of phenols is 1. The monoisotopic (exact) mass is 420 g/mol. The summed E-state index contributed by atoms with van der Waals surface area (Å²) in [5.74, 6) is 0.263. The lowest BCUT2D eigenvalue weighted by Crippen LogP contribution is -2.36. The van der Waals surface area contributed by atoms with Gasteiger partial charge in [-0.05, 0) is 42.9 Å². The van der Waals surface area contributed by atoms with Crippen LogP contribution in [0.5, 0.6) is 5.75 Å². The molecule has 0 spiro atoms. The Hall–Kier alpha value is -1.29. The molecule has 4 heteroatoms. The van der Waals surface area contributed by atoms with Crippen molar-refractivity contribution >= 4 is 23.0 Å². The minimum atomic E-state index is 0.263. The predicted molar refractivity (Wildman–Crippen MR) is 132 cm³/mol. The Morgan fingerprint density at radius 2 is 1.10 bits per heavy atom. The Bertz CT molecular complexity index is 518.